The summed E-state index contributed by atoms with van der Waals surface area (Å²) in [6.45, 7) is 4.01. The Kier molecular flexibility index (Phi) is 2.32. The molecule has 3 rings (SSSR count). The number of rotatable bonds is 1. The van der Waals surface area contributed by atoms with Crippen LogP contribution in [0.25, 0.3) is 11.1 Å². The van der Waals surface area contributed by atoms with Crippen LogP contribution in [0.1, 0.15) is 30.3 Å². The van der Waals surface area contributed by atoms with Gasteiger partial charge in [-0.05, 0) is 32.9 Å². The molecule has 0 bridgehead atoms. The van der Waals surface area contributed by atoms with Crippen molar-refractivity contribution >= 4 is 11.1 Å². The maximum atomic E-state index is 5.11. The summed E-state index contributed by atoms with van der Waals surface area (Å²) in [6, 6.07) is 0. The van der Waals surface area contributed by atoms with Gasteiger partial charge in [0.2, 0.25) is 0 Å². The number of hydrogen-bond acceptors (Lipinski definition) is 5. The summed E-state index contributed by atoms with van der Waals surface area (Å²) in [4.78, 5) is 8.79. The molecule has 0 aromatic carbocycles. The van der Waals surface area contributed by atoms with Gasteiger partial charge in [0.15, 0.2) is 0 Å². The van der Waals surface area contributed by atoms with Crippen LogP contribution in [0.3, 0.4) is 0 Å². The molecule has 5 heteroatoms. The third-order valence-corrected chi connectivity index (χ3v) is 3.10. The molecule has 5 nitrogen and oxygen atoms in total. The number of aryl methyl sites for hydroxylation is 1. The number of nitrogens with zero attached hydrogens (tertiary/aromatic N) is 3. The Labute approximate surface area is 93.3 Å². The van der Waals surface area contributed by atoms with Gasteiger partial charge in [0, 0.05) is 5.92 Å². The molecule has 1 aliphatic heterocycles. The quantitative estimate of drug-likeness (QED) is 0.783. The van der Waals surface area contributed by atoms with E-state index in [1.807, 2.05) is 6.92 Å². The first-order chi connectivity index (χ1) is 7.84. The number of fused-ring (bicyclic) bond motifs is 1. The molecule has 0 spiro atoms. The fourth-order valence-electron chi connectivity index (χ4n) is 2.30. The van der Waals surface area contributed by atoms with Crippen LogP contribution in [0, 0.1) is 6.92 Å². The zero-order valence-corrected chi connectivity index (χ0v) is 9.23. The van der Waals surface area contributed by atoms with Crippen LogP contribution in [0.4, 0.5) is 0 Å². The molecule has 1 fully saturated rings. The highest BCUT2D eigenvalue weighted by Crippen LogP contribution is 2.29. The molecule has 3 heterocycles. The van der Waals surface area contributed by atoms with Crippen molar-refractivity contribution < 1.29 is 4.52 Å². The molecule has 0 unspecified atom stereocenters. The number of aromatic nitrogens is 3. The van der Waals surface area contributed by atoms with Crippen LogP contribution in [-0.4, -0.2) is 28.2 Å². The second kappa shape index (κ2) is 3.83. The van der Waals surface area contributed by atoms with E-state index in [4.69, 9.17) is 4.52 Å². The van der Waals surface area contributed by atoms with Crippen molar-refractivity contribution in [2.24, 2.45) is 0 Å². The highest BCUT2D eigenvalue weighted by molar-refractivity contribution is 5.75. The molecular weight excluding hydrogens is 204 g/mol. The lowest BCUT2D eigenvalue weighted by Gasteiger charge is -2.22. The lowest BCUT2D eigenvalue weighted by atomic mass is 9.93. The Balaban J connectivity index is 2.09. The van der Waals surface area contributed by atoms with Gasteiger partial charge in [0.05, 0.1) is 17.3 Å². The van der Waals surface area contributed by atoms with Crippen LogP contribution in [0.5, 0.6) is 0 Å². The van der Waals surface area contributed by atoms with E-state index in [2.05, 4.69) is 20.4 Å². The normalized spacial score (nSPS) is 18.1. The second-order valence-electron chi connectivity index (χ2n) is 4.22. The van der Waals surface area contributed by atoms with Crippen LogP contribution >= 0.6 is 0 Å². The SMILES string of the molecule is Cc1nc(C2CCNCC2)c2cnoc2n1. The lowest BCUT2D eigenvalue weighted by Crippen LogP contribution is -2.27. The largest absolute Gasteiger partial charge is 0.336 e. The van der Waals surface area contributed by atoms with Crippen molar-refractivity contribution in [2.75, 3.05) is 13.1 Å². The highest BCUT2D eigenvalue weighted by atomic mass is 16.5. The Morgan fingerprint density at radius 2 is 2.12 bits per heavy atom. The number of piperidine rings is 1. The smallest absolute Gasteiger partial charge is 0.261 e. The molecule has 0 amide bonds. The van der Waals surface area contributed by atoms with E-state index in [0.29, 0.717) is 11.6 Å². The molecule has 0 saturated carbocycles. The fraction of sp³-hybridized carbons (Fsp3) is 0.545. The molecule has 0 radical (unpaired) electrons. The summed E-state index contributed by atoms with van der Waals surface area (Å²) in [5.74, 6) is 1.27. The summed E-state index contributed by atoms with van der Waals surface area (Å²) in [5.41, 5.74) is 1.71. The zero-order chi connectivity index (χ0) is 11.0. The minimum absolute atomic E-state index is 0.504. The van der Waals surface area contributed by atoms with E-state index in [-0.39, 0.29) is 0 Å². The van der Waals surface area contributed by atoms with Gasteiger partial charge >= 0.3 is 0 Å². The van der Waals surface area contributed by atoms with Crippen molar-refractivity contribution in [1.29, 1.82) is 0 Å². The van der Waals surface area contributed by atoms with Gasteiger partial charge in [0.25, 0.3) is 5.71 Å². The van der Waals surface area contributed by atoms with Crippen molar-refractivity contribution in [2.45, 2.75) is 25.7 Å². The highest BCUT2D eigenvalue weighted by Gasteiger charge is 2.21. The molecule has 1 aliphatic rings. The van der Waals surface area contributed by atoms with Crippen LogP contribution < -0.4 is 5.32 Å². The molecule has 16 heavy (non-hydrogen) atoms. The lowest BCUT2D eigenvalue weighted by molar-refractivity contribution is 0.444. The second-order valence-corrected chi connectivity index (χ2v) is 4.22. The third-order valence-electron chi connectivity index (χ3n) is 3.10. The molecule has 2 aromatic heterocycles. The Morgan fingerprint density at radius 3 is 2.94 bits per heavy atom. The van der Waals surface area contributed by atoms with Crippen molar-refractivity contribution in [3.05, 3.63) is 17.7 Å². The average molecular weight is 218 g/mol. The van der Waals surface area contributed by atoms with E-state index in [1.54, 1.807) is 6.20 Å². The number of hydrogen-bond donors (Lipinski definition) is 1. The maximum Gasteiger partial charge on any atom is 0.261 e. The molecular formula is C11H14N4O. The predicted octanol–water partition coefficient (Wildman–Crippen LogP) is 1.39. The first kappa shape index (κ1) is 9.72. The van der Waals surface area contributed by atoms with Crippen molar-refractivity contribution in [3.8, 4) is 0 Å². The van der Waals surface area contributed by atoms with E-state index in [9.17, 15) is 0 Å². The Morgan fingerprint density at radius 1 is 1.31 bits per heavy atom. The minimum Gasteiger partial charge on any atom is -0.336 e. The summed E-state index contributed by atoms with van der Waals surface area (Å²) in [6.07, 6.45) is 3.97. The molecule has 0 atom stereocenters. The van der Waals surface area contributed by atoms with Gasteiger partial charge in [0.1, 0.15) is 5.82 Å². The fourth-order valence-corrected chi connectivity index (χ4v) is 2.30. The molecule has 1 N–H and O–H groups in total. The van der Waals surface area contributed by atoms with Gasteiger partial charge in [-0.3, -0.25) is 0 Å². The summed E-state index contributed by atoms with van der Waals surface area (Å²) < 4.78 is 5.11. The summed E-state index contributed by atoms with van der Waals surface area (Å²) in [5, 5.41) is 8.13. The van der Waals surface area contributed by atoms with Gasteiger partial charge in [-0.2, -0.15) is 4.98 Å². The van der Waals surface area contributed by atoms with Crippen LogP contribution in [-0.2, 0) is 0 Å². The van der Waals surface area contributed by atoms with E-state index in [1.165, 1.54) is 0 Å². The summed E-state index contributed by atoms with van der Waals surface area (Å²) >= 11 is 0. The minimum atomic E-state index is 0.504. The van der Waals surface area contributed by atoms with Crippen LogP contribution in [0.2, 0.25) is 0 Å². The van der Waals surface area contributed by atoms with E-state index < -0.39 is 0 Å². The maximum absolute atomic E-state index is 5.11. The van der Waals surface area contributed by atoms with Crippen molar-refractivity contribution in [3.63, 3.8) is 0 Å². The Hall–Kier alpha value is -1.49. The first-order valence-corrected chi connectivity index (χ1v) is 5.64. The Bertz CT molecular complexity index is 502. The van der Waals surface area contributed by atoms with Gasteiger partial charge in [-0.15, -0.1) is 0 Å². The van der Waals surface area contributed by atoms with Gasteiger partial charge in [-0.25, -0.2) is 4.98 Å². The number of nitrogens with one attached hydrogen (secondary N) is 1. The topological polar surface area (TPSA) is 63.8 Å². The molecule has 1 saturated heterocycles. The average Bonchev–Trinajstić information content (AvgIpc) is 2.77. The monoisotopic (exact) mass is 218 g/mol. The standard InChI is InChI=1S/C11H14N4O/c1-7-14-10(8-2-4-12-5-3-8)9-6-13-16-11(9)15-7/h6,8,12H,2-5H2,1H3. The third kappa shape index (κ3) is 1.57. The summed E-state index contributed by atoms with van der Waals surface area (Å²) in [7, 11) is 0. The van der Waals surface area contributed by atoms with E-state index in [0.717, 1.165) is 42.8 Å². The zero-order valence-electron chi connectivity index (χ0n) is 9.23. The van der Waals surface area contributed by atoms with Crippen LogP contribution in [0.15, 0.2) is 10.7 Å². The first-order valence-electron chi connectivity index (χ1n) is 5.64. The predicted molar refractivity (Wildman–Crippen MR) is 59.2 cm³/mol. The molecule has 2 aromatic rings. The molecule has 0 aliphatic carbocycles. The van der Waals surface area contributed by atoms with Gasteiger partial charge < -0.3 is 9.84 Å². The van der Waals surface area contributed by atoms with Gasteiger partial charge in [-0.1, -0.05) is 5.16 Å². The van der Waals surface area contributed by atoms with E-state index >= 15 is 0 Å². The van der Waals surface area contributed by atoms with Crippen molar-refractivity contribution in [1.82, 2.24) is 20.4 Å². The molecule has 84 valence electrons.